The molecule has 2 N–H and O–H groups in total. The van der Waals surface area contributed by atoms with E-state index in [4.69, 9.17) is 0 Å². The molecular weight excluding hydrogens is 765 g/mol. The van der Waals surface area contributed by atoms with E-state index in [0.717, 1.165) is 61.5 Å². The molecule has 10 aromatic carbocycles. The standard InChI is InChI=1S/C60H42N2O/c63-60-21-10-8-18-55(60)48-17-11-16-46(36-48)43-22-29-52(30-23-43)62(53-31-24-44(25-32-53)47-28-35-59-57(40-47)56-19-7-9-20-58(56)61-59)54-33-26-45(27-34-54)51-38-49(41-12-3-1-4-13-41)37-50(39-51)42-14-5-2-6-15-42/h1-40,61,63H. The lowest BCUT2D eigenvalue weighted by Gasteiger charge is -2.26. The van der Waals surface area contributed by atoms with Crippen LogP contribution in [0.5, 0.6) is 5.75 Å². The van der Waals surface area contributed by atoms with Crippen LogP contribution in [0.1, 0.15) is 0 Å². The van der Waals surface area contributed by atoms with Gasteiger partial charge < -0.3 is 15.0 Å². The minimum Gasteiger partial charge on any atom is -0.507 e. The second-order valence-corrected chi connectivity index (χ2v) is 16.0. The predicted molar refractivity (Wildman–Crippen MR) is 265 cm³/mol. The minimum absolute atomic E-state index is 0.275. The van der Waals surface area contributed by atoms with Gasteiger partial charge in [0.2, 0.25) is 0 Å². The van der Waals surface area contributed by atoms with Gasteiger partial charge in [0.15, 0.2) is 0 Å². The first-order valence-corrected chi connectivity index (χ1v) is 21.4. The van der Waals surface area contributed by atoms with Gasteiger partial charge in [0.25, 0.3) is 0 Å². The van der Waals surface area contributed by atoms with Crippen molar-refractivity contribution in [2.24, 2.45) is 0 Å². The number of fused-ring (bicyclic) bond motifs is 3. The molecule has 63 heavy (non-hydrogen) atoms. The Hall–Kier alpha value is -8.40. The number of aromatic nitrogens is 1. The molecule has 0 amide bonds. The monoisotopic (exact) mass is 806 g/mol. The van der Waals surface area contributed by atoms with Crippen LogP contribution in [-0.2, 0) is 0 Å². The van der Waals surface area contributed by atoms with Gasteiger partial charge in [0.1, 0.15) is 5.75 Å². The van der Waals surface area contributed by atoms with E-state index in [2.05, 4.69) is 222 Å². The summed E-state index contributed by atoms with van der Waals surface area (Å²) in [6.07, 6.45) is 0. The number of aromatic amines is 1. The molecule has 11 aromatic rings. The maximum Gasteiger partial charge on any atom is 0.123 e. The Morgan fingerprint density at radius 1 is 0.270 bits per heavy atom. The smallest absolute Gasteiger partial charge is 0.123 e. The summed E-state index contributed by atoms with van der Waals surface area (Å²) in [5.74, 6) is 0.275. The molecule has 0 bridgehead atoms. The molecule has 0 fully saturated rings. The number of benzene rings is 10. The van der Waals surface area contributed by atoms with Gasteiger partial charge in [-0.05, 0) is 146 Å². The zero-order valence-corrected chi connectivity index (χ0v) is 34.5. The molecule has 11 rings (SSSR count). The topological polar surface area (TPSA) is 39.3 Å². The number of nitrogens with one attached hydrogen (secondary N) is 1. The van der Waals surface area contributed by atoms with Crippen LogP contribution in [-0.4, -0.2) is 10.1 Å². The number of para-hydroxylation sites is 2. The Morgan fingerprint density at radius 2 is 0.667 bits per heavy atom. The van der Waals surface area contributed by atoms with Crippen molar-refractivity contribution >= 4 is 38.9 Å². The Morgan fingerprint density at radius 3 is 1.24 bits per heavy atom. The van der Waals surface area contributed by atoms with Gasteiger partial charge in [-0.3, -0.25) is 0 Å². The van der Waals surface area contributed by atoms with Crippen LogP contribution < -0.4 is 4.90 Å². The first-order valence-electron chi connectivity index (χ1n) is 21.4. The highest BCUT2D eigenvalue weighted by atomic mass is 16.3. The van der Waals surface area contributed by atoms with E-state index in [1.807, 2.05) is 24.3 Å². The van der Waals surface area contributed by atoms with E-state index in [9.17, 15) is 5.11 Å². The van der Waals surface area contributed by atoms with E-state index >= 15 is 0 Å². The zero-order valence-electron chi connectivity index (χ0n) is 34.5. The van der Waals surface area contributed by atoms with Crippen molar-refractivity contribution in [1.29, 1.82) is 0 Å². The largest absolute Gasteiger partial charge is 0.507 e. The summed E-state index contributed by atoms with van der Waals surface area (Å²) in [4.78, 5) is 5.89. The number of H-pyrrole nitrogens is 1. The van der Waals surface area contributed by atoms with Crippen LogP contribution in [0.25, 0.3) is 88.6 Å². The molecule has 0 unspecified atom stereocenters. The highest BCUT2D eigenvalue weighted by Crippen LogP contribution is 2.40. The van der Waals surface area contributed by atoms with Gasteiger partial charge in [-0.2, -0.15) is 0 Å². The number of hydrogen-bond donors (Lipinski definition) is 2. The fourth-order valence-electron chi connectivity index (χ4n) is 8.86. The third-order valence-corrected chi connectivity index (χ3v) is 12.1. The van der Waals surface area contributed by atoms with Crippen LogP contribution in [0, 0.1) is 0 Å². The van der Waals surface area contributed by atoms with Crippen molar-refractivity contribution in [3.8, 4) is 72.5 Å². The highest BCUT2D eigenvalue weighted by Gasteiger charge is 2.16. The summed E-state index contributed by atoms with van der Waals surface area (Å²) in [5.41, 5.74) is 18.9. The van der Waals surface area contributed by atoms with Gasteiger partial charge in [-0.25, -0.2) is 0 Å². The average molecular weight is 807 g/mol. The normalized spacial score (nSPS) is 11.2. The molecule has 0 aliphatic rings. The maximum atomic E-state index is 10.6. The van der Waals surface area contributed by atoms with E-state index in [0.29, 0.717) is 0 Å². The summed E-state index contributed by atoms with van der Waals surface area (Å²) in [5, 5.41) is 13.0. The summed E-state index contributed by atoms with van der Waals surface area (Å²) < 4.78 is 0. The van der Waals surface area contributed by atoms with Gasteiger partial charge in [-0.15, -0.1) is 0 Å². The molecule has 0 saturated heterocycles. The fraction of sp³-hybridized carbons (Fsp3) is 0. The quantitative estimate of drug-likeness (QED) is 0.152. The van der Waals surface area contributed by atoms with Crippen molar-refractivity contribution < 1.29 is 5.11 Å². The Labute approximate surface area is 367 Å². The number of hydrogen-bond acceptors (Lipinski definition) is 2. The number of phenolic OH excluding ortho intramolecular Hbond substituents is 1. The van der Waals surface area contributed by atoms with Crippen molar-refractivity contribution in [2.45, 2.75) is 0 Å². The van der Waals surface area contributed by atoms with Gasteiger partial charge >= 0.3 is 0 Å². The molecule has 298 valence electrons. The molecule has 0 atom stereocenters. The molecular formula is C60H42N2O. The Balaban J connectivity index is 0.972. The lowest BCUT2D eigenvalue weighted by atomic mass is 9.93. The van der Waals surface area contributed by atoms with Crippen LogP contribution in [0.3, 0.4) is 0 Å². The third kappa shape index (κ3) is 7.43. The van der Waals surface area contributed by atoms with Gasteiger partial charge in [-0.1, -0.05) is 158 Å². The summed E-state index contributed by atoms with van der Waals surface area (Å²) in [6, 6.07) is 85.8. The van der Waals surface area contributed by atoms with E-state index in [-0.39, 0.29) is 5.75 Å². The maximum absolute atomic E-state index is 10.6. The van der Waals surface area contributed by atoms with Crippen molar-refractivity contribution in [3.63, 3.8) is 0 Å². The SMILES string of the molecule is Oc1ccccc1-c1cccc(-c2ccc(N(c3ccc(-c4cc(-c5ccccc5)cc(-c5ccccc5)c4)cc3)c3ccc(-c4ccc5[nH]c6ccccc6c5c4)cc3)cc2)c1. The van der Waals surface area contributed by atoms with Gasteiger partial charge in [0, 0.05) is 44.4 Å². The zero-order chi connectivity index (χ0) is 42.1. The molecule has 0 aliphatic carbocycles. The highest BCUT2D eigenvalue weighted by molar-refractivity contribution is 6.08. The Kier molecular flexibility index (Phi) is 9.68. The van der Waals surface area contributed by atoms with Crippen molar-refractivity contribution in [1.82, 2.24) is 4.98 Å². The Bertz CT molecular complexity index is 3310. The first kappa shape index (κ1) is 37.6. The fourth-order valence-corrected chi connectivity index (χ4v) is 8.86. The molecule has 0 spiro atoms. The number of phenols is 1. The molecule has 1 aromatic heterocycles. The third-order valence-electron chi connectivity index (χ3n) is 12.1. The average Bonchev–Trinajstić information content (AvgIpc) is 3.73. The molecule has 0 saturated carbocycles. The number of anilines is 3. The lowest BCUT2D eigenvalue weighted by Crippen LogP contribution is -2.09. The lowest BCUT2D eigenvalue weighted by molar-refractivity contribution is 0.477. The minimum atomic E-state index is 0.275. The molecule has 0 aliphatic heterocycles. The number of nitrogens with zero attached hydrogens (tertiary/aromatic N) is 1. The first-order chi connectivity index (χ1) is 31.1. The number of aromatic hydroxyl groups is 1. The molecule has 0 radical (unpaired) electrons. The van der Waals surface area contributed by atoms with E-state index < -0.39 is 0 Å². The van der Waals surface area contributed by atoms with E-state index in [1.165, 1.54) is 44.2 Å². The second kappa shape index (κ2) is 16.2. The summed E-state index contributed by atoms with van der Waals surface area (Å²) >= 11 is 0. The van der Waals surface area contributed by atoms with Gasteiger partial charge in [0.05, 0.1) is 0 Å². The van der Waals surface area contributed by atoms with Crippen molar-refractivity contribution in [3.05, 3.63) is 243 Å². The van der Waals surface area contributed by atoms with Crippen LogP contribution in [0.15, 0.2) is 243 Å². The van der Waals surface area contributed by atoms with E-state index in [1.54, 1.807) is 6.07 Å². The van der Waals surface area contributed by atoms with Crippen LogP contribution >= 0.6 is 0 Å². The summed E-state index contributed by atoms with van der Waals surface area (Å²) in [6.45, 7) is 0. The van der Waals surface area contributed by atoms with Crippen LogP contribution in [0.2, 0.25) is 0 Å². The molecule has 3 heteroatoms. The molecule has 3 nitrogen and oxygen atoms in total. The second-order valence-electron chi connectivity index (χ2n) is 16.0. The predicted octanol–water partition coefficient (Wildman–Crippen LogP) is 16.5. The summed E-state index contributed by atoms with van der Waals surface area (Å²) in [7, 11) is 0. The number of rotatable bonds is 9. The van der Waals surface area contributed by atoms with Crippen LogP contribution in [0.4, 0.5) is 17.1 Å². The van der Waals surface area contributed by atoms with Crippen molar-refractivity contribution in [2.75, 3.05) is 4.90 Å². The molecule has 1 heterocycles.